The first-order chi connectivity index (χ1) is 8.10. The second kappa shape index (κ2) is 4.76. The van der Waals surface area contributed by atoms with E-state index in [1.54, 1.807) is 0 Å². The maximum absolute atomic E-state index is 13.7. The van der Waals surface area contributed by atoms with E-state index in [2.05, 4.69) is 0 Å². The van der Waals surface area contributed by atoms with Gasteiger partial charge in [-0.2, -0.15) is 13.2 Å². The molecule has 102 valence electrons. The topological polar surface area (TPSA) is 35.2 Å². The number of nitrogens with two attached hydrogens (primary N) is 1. The van der Waals surface area contributed by atoms with Gasteiger partial charge in [-0.15, -0.1) is 0 Å². The Morgan fingerprint density at radius 2 is 1.78 bits per heavy atom. The molecule has 1 atom stereocenters. The van der Waals surface area contributed by atoms with Crippen molar-refractivity contribution in [3.8, 4) is 5.75 Å². The number of rotatable bonds is 3. The number of alkyl halides is 3. The number of hydrogen-bond acceptors (Lipinski definition) is 2. The van der Waals surface area contributed by atoms with Gasteiger partial charge in [0.25, 0.3) is 0 Å². The highest BCUT2D eigenvalue weighted by Crippen LogP contribution is 2.37. The summed E-state index contributed by atoms with van der Waals surface area (Å²) in [6.45, 7) is 2.51. The summed E-state index contributed by atoms with van der Waals surface area (Å²) in [6, 6.07) is 1.49. The van der Waals surface area contributed by atoms with Crippen molar-refractivity contribution in [1.29, 1.82) is 0 Å². The molecule has 0 aliphatic rings. The van der Waals surface area contributed by atoms with Gasteiger partial charge in [-0.1, -0.05) is 13.8 Å². The molecule has 0 saturated carbocycles. The van der Waals surface area contributed by atoms with Gasteiger partial charge in [0.15, 0.2) is 0 Å². The highest BCUT2D eigenvalue weighted by atomic mass is 19.4. The lowest BCUT2D eigenvalue weighted by Crippen LogP contribution is -2.51. The van der Waals surface area contributed by atoms with Crippen LogP contribution in [0.25, 0.3) is 0 Å². The van der Waals surface area contributed by atoms with Crippen LogP contribution < -0.4 is 10.5 Å². The molecule has 1 unspecified atom stereocenters. The summed E-state index contributed by atoms with van der Waals surface area (Å²) >= 11 is 0. The lowest BCUT2D eigenvalue weighted by atomic mass is 9.77. The maximum Gasteiger partial charge on any atom is 0.404 e. The smallest absolute Gasteiger partial charge is 0.404 e. The van der Waals surface area contributed by atoms with E-state index in [9.17, 15) is 17.6 Å². The maximum atomic E-state index is 13.7. The Hall–Kier alpha value is -1.30. The Bertz CT molecular complexity index is 429. The zero-order valence-electron chi connectivity index (χ0n) is 10.3. The highest BCUT2D eigenvalue weighted by molar-refractivity contribution is 5.36. The fourth-order valence-electron chi connectivity index (χ4n) is 1.70. The van der Waals surface area contributed by atoms with Crippen molar-refractivity contribution in [2.45, 2.75) is 31.5 Å². The van der Waals surface area contributed by atoms with Crippen LogP contribution in [-0.4, -0.2) is 19.3 Å². The molecule has 0 bridgehead atoms. The Balaban J connectivity index is 3.27. The first-order valence-corrected chi connectivity index (χ1v) is 5.27. The predicted molar refractivity (Wildman–Crippen MR) is 60.0 cm³/mol. The SMILES string of the molecule is COc1ccc(F)c(C(C)(C)C(N)C(F)(F)F)c1. The largest absolute Gasteiger partial charge is 0.497 e. The fourth-order valence-corrected chi connectivity index (χ4v) is 1.70. The Morgan fingerprint density at radius 1 is 1.22 bits per heavy atom. The van der Waals surface area contributed by atoms with Crippen LogP contribution in [0.5, 0.6) is 5.75 Å². The average molecular weight is 265 g/mol. The van der Waals surface area contributed by atoms with Crippen molar-refractivity contribution < 1.29 is 22.3 Å². The van der Waals surface area contributed by atoms with Crippen LogP contribution in [0.4, 0.5) is 17.6 Å². The first kappa shape index (κ1) is 14.8. The molecule has 0 fully saturated rings. The summed E-state index contributed by atoms with van der Waals surface area (Å²) in [5.41, 5.74) is 3.48. The van der Waals surface area contributed by atoms with E-state index >= 15 is 0 Å². The monoisotopic (exact) mass is 265 g/mol. The van der Waals surface area contributed by atoms with Gasteiger partial charge in [0.05, 0.1) is 7.11 Å². The van der Waals surface area contributed by atoms with Gasteiger partial charge < -0.3 is 10.5 Å². The molecule has 2 N–H and O–H groups in total. The van der Waals surface area contributed by atoms with E-state index < -0.39 is 23.5 Å². The molecule has 1 aromatic carbocycles. The third-order valence-electron chi connectivity index (χ3n) is 3.00. The molecule has 0 aliphatic heterocycles. The lowest BCUT2D eigenvalue weighted by molar-refractivity contribution is -0.160. The molecule has 0 aliphatic carbocycles. The molecular formula is C12H15F4NO. The van der Waals surface area contributed by atoms with E-state index in [0.29, 0.717) is 0 Å². The predicted octanol–water partition coefficient (Wildman–Crippen LogP) is 3.00. The summed E-state index contributed by atoms with van der Waals surface area (Å²) in [6.07, 6.45) is -4.60. The van der Waals surface area contributed by atoms with Crippen LogP contribution in [-0.2, 0) is 5.41 Å². The minimum atomic E-state index is -4.60. The van der Waals surface area contributed by atoms with Crippen LogP contribution in [0.1, 0.15) is 19.4 Å². The molecule has 6 heteroatoms. The van der Waals surface area contributed by atoms with Gasteiger partial charge in [-0.05, 0) is 23.8 Å². The fraction of sp³-hybridized carbons (Fsp3) is 0.500. The van der Waals surface area contributed by atoms with Crippen LogP contribution in [0, 0.1) is 5.82 Å². The van der Waals surface area contributed by atoms with Crippen LogP contribution in [0.2, 0.25) is 0 Å². The molecule has 0 amide bonds. The Labute approximate surface area is 103 Å². The summed E-state index contributed by atoms with van der Waals surface area (Å²) < 4.78 is 56.6. The van der Waals surface area contributed by atoms with Crippen molar-refractivity contribution >= 4 is 0 Å². The molecule has 0 spiro atoms. The third-order valence-corrected chi connectivity index (χ3v) is 3.00. The minimum Gasteiger partial charge on any atom is -0.497 e. The number of hydrogen-bond donors (Lipinski definition) is 1. The molecule has 0 radical (unpaired) electrons. The molecular weight excluding hydrogens is 250 g/mol. The van der Waals surface area contributed by atoms with E-state index in [4.69, 9.17) is 10.5 Å². The van der Waals surface area contributed by atoms with E-state index in [1.807, 2.05) is 0 Å². The lowest BCUT2D eigenvalue weighted by Gasteiger charge is -2.33. The molecule has 0 aromatic heterocycles. The van der Waals surface area contributed by atoms with Crippen molar-refractivity contribution in [2.75, 3.05) is 7.11 Å². The molecule has 18 heavy (non-hydrogen) atoms. The van der Waals surface area contributed by atoms with Crippen LogP contribution in [0.3, 0.4) is 0 Å². The quantitative estimate of drug-likeness (QED) is 0.853. The standard InChI is InChI=1S/C12H15F4NO/c1-11(2,10(17)12(14,15)16)8-6-7(18-3)4-5-9(8)13/h4-6,10H,17H2,1-3H3. The van der Waals surface area contributed by atoms with E-state index in [0.717, 1.165) is 6.07 Å². The zero-order valence-corrected chi connectivity index (χ0v) is 10.3. The summed E-state index contributed by atoms with van der Waals surface area (Å²) in [5.74, 6) is -0.450. The van der Waals surface area contributed by atoms with Gasteiger partial charge in [-0.25, -0.2) is 4.39 Å². The second-order valence-electron chi connectivity index (χ2n) is 4.59. The van der Waals surface area contributed by atoms with Crippen molar-refractivity contribution in [3.05, 3.63) is 29.6 Å². The zero-order chi connectivity index (χ0) is 14.1. The van der Waals surface area contributed by atoms with E-state index in [-0.39, 0.29) is 11.3 Å². The van der Waals surface area contributed by atoms with Crippen LogP contribution >= 0.6 is 0 Å². The van der Waals surface area contributed by atoms with Gasteiger partial charge >= 0.3 is 6.18 Å². The van der Waals surface area contributed by atoms with Crippen molar-refractivity contribution in [3.63, 3.8) is 0 Å². The molecule has 0 saturated heterocycles. The summed E-state index contributed by atoms with van der Waals surface area (Å²) in [7, 11) is 1.35. The molecule has 1 rings (SSSR count). The molecule has 0 heterocycles. The number of ether oxygens (including phenoxy) is 1. The van der Waals surface area contributed by atoms with E-state index in [1.165, 1.54) is 33.1 Å². The van der Waals surface area contributed by atoms with Crippen molar-refractivity contribution in [1.82, 2.24) is 0 Å². The Kier molecular flexibility index (Phi) is 3.90. The normalized spacial score (nSPS) is 14.4. The minimum absolute atomic E-state index is 0.119. The van der Waals surface area contributed by atoms with Crippen molar-refractivity contribution in [2.24, 2.45) is 5.73 Å². The van der Waals surface area contributed by atoms with Gasteiger partial charge in [0.1, 0.15) is 17.6 Å². The summed E-state index contributed by atoms with van der Waals surface area (Å²) in [4.78, 5) is 0. The van der Waals surface area contributed by atoms with Crippen LogP contribution in [0.15, 0.2) is 18.2 Å². The summed E-state index contributed by atoms with van der Waals surface area (Å²) in [5, 5.41) is 0. The molecule has 2 nitrogen and oxygen atoms in total. The first-order valence-electron chi connectivity index (χ1n) is 5.27. The molecule has 1 aromatic rings. The highest BCUT2D eigenvalue weighted by Gasteiger charge is 2.48. The Morgan fingerprint density at radius 3 is 2.22 bits per heavy atom. The number of benzene rings is 1. The van der Waals surface area contributed by atoms with Gasteiger partial charge in [0.2, 0.25) is 0 Å². The average Bonchev–Trinajstić information content (AvgIpc) is 2.27. The number of methoxy groups -OCH3 is 1. The second-order valence-corrected chi connectivity index (χ2v) is 4.59. The third kappa shape index (κ3) is 2.75. The van der Waals surface area contributed by atoms with Gasteiger partial charge in [0, 0.05) is 5.41 Å². The van der Waals surface area contributed by atoms with Gasteiger partial charge in [-0.3, -0.25) is 0 Å². The number of halogens is 4.